The van der Waals surface area contributed by atoms with Crippen LogP contribution in [0, 0.1) is 13.8 Å². The molecule has 3 unspecified atom stereocenters. The van der Waals surface area contributed by atoms with Crippen molar-refractivity contribution in [3.63, 3.8) is 0 Å². The third-order valence-electron chi connectivity index (χ3n) is 4.74. The zero-order valence-electron chi connectivity index (χ0n) is 15.5. The zero-order chi connectivity index (χ0) is 19.9. The molecule has 2 aromatic rings. The monoisotopic (exact) mass is 408 g/mol. The lowest BCUT2D eigenvalue weighted by Gasteiger charge is -2.27. The second-order valence-electron chi connectivity index (χ2n) is 6.99. The van der Waals surface area contributed by atoms with Crippen molar-refractivity contribution in [3.05, 3.63) is 61.9 Å². The van der Waals surface area contributed by atoms with Crippen LogP contribution < -0.4 is 15.8 Å². The number of nitrogens with zero attached hydrogens (tertiary/aromatic N) is 1. The van der Waals surface area contributed by atoms with Crippen molar-refractivity contribution in [2.45, 2.75) is 45.6 Å². The molecule has 0 radical (unpaired) electrons. The molecule has 0 saturated carbocycles. The van der Waals surface area contributed by atoms with Crippen LogP contribution in [0.5, 0.6) is 5.75 Å². The molecule has 1 fully saturated rings. The van der Waals surface area contributed by atoms with Crippen LogP contribution in [-0.4, -0.2) is 22.3 Å². The van der Waals surface area contributed by atoms with Crippen molar-refractivity contribution >= 4 is 7.82 Å². The highest BCUT2D eigenvalue weighted by Gasteiger charge is 2.37. The van der Waals surface area contributed by atoms with Gasteiger partial charge in [0.15, 0.2) is 0 Å². The van der Waals surface area contributed by atoms with E-state index in [0.29, 0.717) is 18.6 Å². The Balaban J connectivity index is 1.39. The van der Waals surface area contributed by atoms with E-state index in [0.717, 1.165) is 16.7 Å². The molecular formula is C18H21N2O7P. The molecule has 10 heteroatoms. The maximum atomic E-state index is 12.8. The van der Waals surface area contributed by atoms with E-state index < -0.39 is 25.3 Å². The van der Waals surface area contributed by atoms with Crippen molar-refractivity contribution in [3.8, 4) is 5.75 Å². The second-order valence-corrected chi connectivity index (χ2v) is 8.58. The Hall–Kier alpha value is -2.19. The third kappa shape index (κ3) is 3.84. The number of hydrogen-bond donors (Lipinski definition) is 1. The molecule has 1 aromatic carbocycles. The highest BCUT2D eigenvalue weighted by Crippen LogP contribution is 2.55. The number of ether oxygens (including phenoxy) is 1. The zero-order valence-corrected chi connectivity index (χ0v) is 16.4. The molecule has 1 aromatic heterocycles. The van der Waals surface area contributed by atoms with E-state index in [1.165, 1.54) is 16.8 Å². The van der Waals surface area contributed by atoms with Crippen LogP contribution in [0.15, 0.2) is 34.0 Å². The van der Waals surface area contributed by atoms with Gasteiger partial charge in [0, 0.05) is 17.8 Å². The van der Waals surface area contributed by atoms with E-state index in [2.05, 4.69) is 4.98 Å². The summed E-state index contributed by atoms with van der Waals surface area (Å²) >= 11 is 0. The summed E-state index contributed by atoms with van der Waals surface area (Å²) in [5.41, 5.74) is 1.78. The topological polar surface area (TPSA) is 109 Å². The lowest BCUT2D eigenvalue weighted by atomic mass is 10.1. The van der Waals surface area contributed by atoms with Gasteiger partial charge in [-0.1, -0.05) is 17.7 Å². The summed E-state index contributed by atoms with van der Waals surface area (Å²) in [5.74, 6) is 0.533. The average molecular weight is 408 g/mol. The van der Waals surface area contributed by atoms with E-state index in [1.54, 1.807) is 0 Å². The van der Waals surface area contributed by atoms with Gasteiger partial charge >= 0.3 is 13.5 Å². The number of aromatic nitrogens is 2. The van der Waals surface area contributed by atoms with Gasteiger partial charge in [0.05, 0.1) is 19.3 Å². The standard InChI is InChI=1S/C18H21N2O7P/c1-11-7-12(2)17-13(8-11)9-24-28(23,27-17)25-10-14-3-4-16(26-14)20-6-5-15(21)19-18(20)22/h5-8,14,16H,3-4,9-10H2,1-2H3,(H,19,21,22). The van der Waals surface area contributed by atoms with Crippen molar-refractivity contribution < 1.29 is 22.9 Å². The number of hydrogen-bond acceptors (Lipinski definition) is 7. The smallest absolute Gasteiger partial charge is 0.403 e. The van der Waals surface area contributed by atoms with Crippen LogP contribution in [0.4, 0.5) is 0 Å². The molecule has 28 heavy (non-hydrogen) atoms. The Morgan fingerprint density at radius 2 is 2.11 bits per heavy atom. The van der Waals surface area contributed by atoms with E-state index in [4.69, 9.17) is 18.3 Å². The van der Waals surface area contributed by atoms with Crippen LogP contribution in [0.3, 0.4) is 0 Å². The number of H-pyrrole nitrogens is 1. The SMILES string of the molecule is Cc1cc(C)c2c(c1)COP(=O)(OCC1CCC(n3ccc(=O)[nH]c3=O)O1)O2. The number of phosphoric ester groups is 1. The van der Waals surface area contributed by atoms with Crippen LogP contribution in [-0.2, 0) is 25.0 Å². The minimum atomic E-state index is -3.74. The first-order valence-corrected chi connectivity index (χ1v) is 10.4. The number of fused-ring (bicyclic) bond motifs is 1. The van der Waals surface area contributed by atoms with Crippen molar-refractivity contribution in [2.75, 3.05) is 6.61 Å². The Morgan fingerprint density at radius 3 is 2.89 bits per heavy atom. The largest absolute Gasteiger partial charge is 0.530 e. The fourth-order valence-electron chi connectivity index (χ4n) is 3.47. The van der Waals surface area contributed by atoms with Gasteiger partial charge in [-0.05, 0) is 32.3 Å². The second kappa shape index (κ2) is 7.33. The van der Waals surface area contributed by atoms with Crippen LogP contribution in [0.25, 0.3) is 0 Å². The normalized spacial score (nSPS) is 26.6. The summed E-state index contributed by atoms with van der Waals surface area (Å²) in [6, 6.07) is 5.14. The third-order valence-corrected chi connectivity index (χ3v) is 6.06. The van der Waals surface area contributed by atoms with Crippen LogP contribution in [0.2, 0.25) is 0 Å². The lowest BCUT2D eigenvalue weighted by Crippen LogP contribution is -2.31. The summed E-state index contributed by atoms with van der Waals surface area (Å²) in [4.78, 5) is 25.2. The van der Waals surface area contributed by atoms with Gasteiger partial charge in [0.2, 0.25) is 0 Å². The molecule has 0 amide bonds. The maximum Gasteiger partial charge on any atom is 0.530 e. The quantitative estimate of drug-likeness (QED) is 0.775. The molecule has 9 nitrogen and oxygen atoms in total. The molecule has 4 rings (SSSR count). The fourth-order valence-corrected chi connectivity index (χ4v) is 4.78. The molecule has 0 spiro atoms. The summed E-state index contributed by atoms with van der Waals surface area (Å²) in [7, 11) is -3.74. The predicted octanol–water partition coefficient (Wildman–Crippen LogP) is 2.56. The fraction of sp³-hybridized carbons (Fsp3) is 0.444. The minimum absolute atomic E-state index is 0.00608. The van der Waals surface area contributed by atoms with Gasteiger partial charge in [0.1, 0.15) is 12.0 Å². The summed E-state index contributed by atoms with van der Waals surface area (Å²) in [5, 5.41) is 0. The molecule has 0 aliphatic carbocycles. The molecule has 3 atom stereocenters. The molecule has 0 bridgehead atoms. The highest BCUT2D eigenvalue weighted by molar-refractivity contribution is 7.49. The lowest BCUT2D eigenvalue weighted by molar-refractivity contribution is -0.0264. The molecule has 1 saturated heterocycles. The summed E-state index contributed by atoms with van der Waals surface area (Å²) in [6.07, 6.45) is 1.67. The van der Waals surface area contributed by atoms with E-state index in [1.807, 2.05) is 26.0 Å². The Bertz CT molecular complexity index is 1060. The summed E-state index contributed by atoms with van der Waals surface area (Å²) in [6.45, 7) is 4.01. The number of aryl methyl sites for hydroxylation is 2. The maximum absolute atomic E-state index is 12.8. The number of nitrogens with one attached hydrogen (secondary N) is 1. The first-order valence-electron chi connectivity index (χ1n) is 8.99. The van der Waals surface area contributed by atoms with Gasteiger partial charge in [-0.15, -0.1) is 0 Å². The average Bonchev–Trinajstić information content (AvgIpc) is 3.10. The van der Waals surface area contributed by atoms with Crippen molar-refractivity contribution in [1.82, 2.24) is 9.55 Å². The first kappa shape index (κ1) is 19.1. The highest BCUT2D eigenvalue weighted by atomic mass is 31.2. The van der Waals surface area contributed by atoms with Crippen LogP contribution >= 0.6 is 7.82 Å². The predicted molar refractivity (Wildman–Crippen MR) is 99.4 cm³/mol. The number of benzene rings is 1. The minimum Gasteiger partial charge on any atom is -0.403 e. The Labute approximate surface area is 160 Å². The van der Waals surface area contributed by atoms with Crippen molar-refractivity contribution in [2.24, 2.45) is 0 Å². The number of rotatable bonds is 4. The van der Waals surface area contributed by atoms with Gasteiger partial charge in [0.25, 0.3) is 5.56 Å². The van der Waals surface area contributed by atoms with E-state index in [-0.39, 0.29) is 19.3 Å². The molecular weight excluding hydrogens is 387 g/mol. The first-order chi connectivity index (χ1) is 13.3. The molecule has 150 valence electrons. The number of aromatic amines is 1. The van der Waals surface area contributed by atoms with Crippen molar-refractivity contribution in [1.29, 1.82) is 0 Å². The van der Waals surface area contributed by atoms with Gasteiger partial charge in [-0.2, -0.15) is 0 Å². The summed E-state index contributed by atoms with van der Waals surface area (Å²) < 4.78 is 36.3. The Kier molecular flexibility index (Phi) is 5.01. The van der Waals surface area contributed by atoms with E-state index >= 15 is 0 Å². The number of phosphoric acid groups is 1. The van der Waals surface area contributed by atoms with Gasteiger partial charge in [-0.25, -0.2) is 9.36 Å². The Morgan fingerprint density at radius 1 is 1.29 bits per heavy atom. The van der Waals surface area contributed by atoms with Gasteiger partial charge in [-0.3, -0.25) is 23.4 Å². The molecule has 3 heterocycles. The van der Waals surface area contributed by atoms with Crippen LogP contribution in [0.1, 0.15) is 35.8 Å². The molecule has 2 aliphatic rings. The molecule has 2 aliphatic heterocycles. The van der Waals surface area contributed by atoms with Gasteiger partial charge < -0.3 is 9.26 Å². The van der Waals surface area contributed by atoms with E-state index in [9.17, 15) is 14.2 Å². The molecule has 1 N–H and O–H groups in total.